The van der Waals surface area contributed by atoms with E-state index in [2.05, 4.69) is 10.6 Å². The van der Waals surface area contributed by atoms with Crippen molar-refractivity contribution < 1.29 is 14.7 Å². The number of aliphatic hydroxyl groups excluding tert-OH is 1. The summed E-state index contributed by atoms with van der Waals surface area (Å²) in [4.78, 5) is 28.5. The van der Waals surface area contributed by atoms with E-state index in [1.807, 2.05) is 67.5 Å². The lowest BCUT2D eigenvalue weighted by molar-refractivity contribution is -0.119. The van der Waals surface area contributed by atoms with Gasteiger partial charge in [0, 0.05) is 43.3 Å². The molecule has 3 rings (SSSR count). The fourth-order valence-corrected chi connectivity index (χ4v) is 3.90. The third kappa shape index (κ3) is 6.54. The van der Waals surface area contributed by atoms with Crippen LogP contribution in [-0.2, 0) is 4.79 Å². The molecule has 0 bridgehead atoms. The molecule has 3 N–H and O–H groups in total. The summed E-state index contributed by atoms with van der Waals surface area (Å²) in [5.41, 5.74) is 2.25. The fourth-order valence-electron chi connectivity index (χ4n) is 3.90. The molecule has 7 nitrogen and oxygen atoms in total. The minimum Gasteiger partial charge on any atom is -0.388 e. The average Bonchev–Trinajstić information content (AvgIpc) is 2.77. The summed E-state index contributed by atoms with van der Waals surface area (Å²) in [6, 6.07) is 16.5. The van der Waals surface area contributed by atoms with Gasteiger partial charge >= 0.3 is 6.03 Å². The second-order valence-electron chi connectivity index (χ2n) is 8.27. The topological polar surface area (TPSA) is 84.9 Å². The molecule has 0 aliphatic carbocycles. The van der Waals surface area contributed by atoms with Gasteiger partial charge in [0.1, 0.15) is 0 Å². The summed E-state index contributed by atoms with van der Waals surface area (Å²) in [6.45, 7) is 1.66. The molecule has 0 aromatic heterocycles. The van der Waals surface area contributed by atoms with Crippen LogP contribution in [0.15, 0.2) is 54.6 Å². The lowest BCUT2D eigenvalue weighted by Crippen LogP contribution is -2.39. The lowest BCUT2D eigenvalue weighted by Gasteiger charge is -2.27. The number of carbonyl (C=O) groups is 2. The fraction of sp³-hybridized carbons (Fsp3) is 0.417. The molecular weight excluding hydrogens is 392 g/mol. The Morgan fingerprint density at radius 1 is 1.13 bits per heavy atom. The predicted octanol–water partition coefficient (Wildman–Crippen LogP) is 3.24. The number of hydrogen-bond acceptors (Lipinski definition) is 4. The van der Waals surface area contributed by atoms with Crippen LogP contribution in [0, 0.1) is 5.92 Å². The van der Waals surface area contributed by atoms with Crippen LogP contribution in [0.1, 0.15) is 30.9 Å². The van der Waals surface area contributed by atoms with E-state index in [4.69, 9.17) is 0 Å². The van der Waals surface area contributed by atoms with Crippen LogP contribution >= 0.6 is 0 Å². The maximum absolute atomic E-state index is 12.5. The second-order valence-corrected chi connectivity index (χ2v) is 8.27. The van der Waals surface area contributed by atoms with Crippen molar-refractivity contribution in [3.63, 3.8) is 0 Å². The summed E-state index contributed by atoms with van der Waals surface area (Å²) >= 11 is 0. The summed E-state index contributed by atoms with van der Waals surface area (Å²) in [5, 5.41) is 16.5. The SMILES string of the molecule is CN(C)C[C@H](CNC(=O)Nc1cccc(N2CCCCC2=O)c1)[C@H](O)c1ccccc1. The van der Waals surface area contributed by atoms with E-state index in [-0.39, 0.29) is 17.9 Å². The number of anilines is 2. The molecule has 166 valence electrons. The first-order valence-electron chi connectivity index (χ1n) is 10.8. The number of nitrogens with one attached hydrogen (secondary N) is 2. The maximum atomic E-state index is 12.5. The number of urea groups is 1. The van der Waals surface area contributed by atoms with Crippen molar-refractivity contribution in [3.05, 3.63) is 60.2 Å². The molecule has 31 heavy (non-hydrogen) atoms. The Morgan fingerprint density at radius 2 is 1.90 bits per heavy atom. The van der Waals surface area contributed by atoms with Crippen molar-refractivity contribution in [2.45, 2.75) is 25.4 Å². The van der Waals surface area contributed by atoms with Crippen LogP contribution < -0.4 is 15.5 Å². The molecule has 0 saturated carbocycles. The van der Waals surface area contributed by atoms with Gasteiger partial charge in [0.05, 0.1) is 6.10 Å². The van der Waals surface area contributed by atoms with Crippen molar-refractivity contribution in [2.75, 3.05) is 43.9 Å². The Labute approximate surface area is 184 Å². The lowest BCUT2D eigenvalue weighted by atomic mass is 9.95. The Morgan fingerprint density at radius 3 is 2.61 bits per heavy atom. The summed E-state index contributed by atoms with van der Waals surface area (Å²) in [6.07, 6.45) is 1.80. The Balaban J connectivity index is 1.60. The van der Waals surface area contributed by atoms with Crippen LogP contribution in [0.25, 0.3) is 0 Å². The van der Waals surface area contributed by atoms with Crippen LogP contribution in [-0.4, -0.2) is 55.7 Å². The van der Waals surface area contributed by atoms with Crippen LogP contribution in [0.5, 0.6) is 0 Å². The van der Waals surface area contributed by atoms with E-state index in [9.17, 15) is 14.7 Å². The molecule has 1 aliphatic heterocycles. The van der Waals surface area contributed by atoms with Gasteiger partial charge in [0.15, 0.2) is 0 Å². The number of benzene rings is 2. The summed E-state index contributed by atoms with van der Waals surface area (Å²) in [5.74, 6) is -0.0465. The van der Waals surface area contributed by atoms with Crippen molar-refractivity contribution in [2.24, 2.45) is 5.92 Å². The van der Waals surface area contributed by atoms with Crippen molar-refractivity contribution in [3.8, 4) is 0 Å². The zero-order valence-electron chi connectivity index (χ0n) is 18.3. The molecule has 1 aliphatic rings. The third-order valence-electron chi connectivity index (χ3n) is 5.45. The number of piperidine rings is 1. The summed E-state index contributed by atoms with van der Waals surface area (Å²) in [7, 11) is 3.89. The van der Waals surface area contributed by atoms with E-state index < -0.39 is 6.10 Å². The highest BCUT2D eigenvalue weighted by Crippen LogP contribution is 2.24. The maximum Gasteiger partial charge on any atom is 0.319 e. The predicted molar refractivity (Wildman–Crippen MR) is 123 cm³/mol. The molecule has 2 atom stereocenters. The molecule has 2 aromatic rings. The largest absolute Gasteiger partial charge is 0.388 e. The van der Waals surface area contributed by atoms with Gasteiger partial charge in [-0.15, -0.1) is 0 Å². The number of amides is 3. The first-order valence-corrected chi connectivity index (χ1v) is 10.8. The molecular formula is C24H32N4O3. The van der Waals surface area contributed by atoms with Gasteiger partial charge < -0.3 is 25.5 Å². The van der Waals surface area contributed by atoms with E-state index >= 15 is 0 Å². The van der Waals surface area contributed by atoms with Gasteiger partial charge in [0.25, 0.3) is 0 Å². The molecule has 1 fully saturated rings. The number of nitrogens with zero attached hydrogens (tertiary/aromatic N) is 2. The van der Waals surface area contributed by atoms with Gasteiger partial charge in [-0.05, 0) is 50.7 Å². The van der Waals surface area contributed by atoms with Gasteiger partial charge in [0.2, 0.25) is 5.91 Å². The zero-order chi connectivity index (χ0) is 22.2. The smallest absolute Gasteiger partial charge is 0.319 e. The van der Waals surface area contributed by atoms with Crippen LogP contribution in [0.3, 0.4) is 0 Å². The second kappa shape index (κ2) is 10.9. The highest BCUT2D eigenvalue weighted by Gasteiger charge is 2.23. The minimum atomic E-state index is -0.683. The molecule has 7 heteroatoms. The molecule has 0 radical (unpaired) electrons. The van der Waals surface area contributed by atoms with Gasteiger partial charge in [-0.25, -0.2) is 4.79 Å². The van der Waals surface area contributed by atoms with Gasteiger partial charge in [-0.2, -0.15) is 0 Å². The molecule has 2 aromatic carbocycles. The Hall–Kier alpha value is -2.90. The summed E-state index contributed by atoms with van der Waals surface area (Å²) < 4.78 is 0. The van der Waals surface area contributed by atoms with E-state index in [0.717, 1.165) is 24.1 Å². The standard InChI is InChI=1S/C24H32N4O3/c1-27(2)17-19(23(30)18-9-4-3-5-10-18)16-25-24(31)26-20-11-8-12-21(15-20)28-14-7-6-13-22(28)29/h3-5,8-12,15,19,23,30H,6-7,13-14,16-17H2,1-2H3,(H2,25,26,31)/t19-,23+/m0/s1. The Kier molecular flexibility index (Phi) is 8.03. The van der Waals surface area contributed by atoms with Crippen LogP contribution in [0.2, 0.25) is 0 Å². The van der Waals surface area contributed by atoms with Crippen LogP contribution in [0.4, 0.5) is 16.2 Å². The molecule has 0 spiro atoms. The highest BCUT2D eigenvalue weighted by molar-refractivity contribution is 5.95. The monoisotopic (exact) mass is 424 g/mol. The molecule has 0 unspecified atom stereocenters. The first kappa shape index (κ1) is 22.8. The van der Waals surface area contributed by atoms with Gasteiger partial charge in [-0.3, -0.25) is 4.79 Å². The third-order valence-corrected chi connectivity index (χ3v) is 5.45. The van der Waals surface area contributed by atoms with Crippen molar-refractivity contribution in [1.29, 1.82) is 0 Å². The number of hydrogen-bond donors (Lipinski definition) is 3. The number of rotatable bonds is 8. The quantitative estimate of drug-likeness (QED) is 0.607. The number of aliphatic hydroxyl groups is 1. The van der Waals surface area contributed by atoms with E-state index in [0.29, 0.717) is 31.7 Å². The van der Waals surface area contributed by atoms with E-state index in [1.165, 1.54) is 0 Å². The minimum absolute atomic E-state index is 0.120. The Bertz CT molecular complexity index is 872. The molecule has 1 heterocycles. The first-order chi connectivity index (χ1) is 14.9. The van der Waals surface area contributed by atoms with Crippen molar-refractivity contribution in [1.82, 2.24) is 10.2 Å². The molecule has 1 saturated heterocycles. The number of carbonyl (C=O) groups excluding carboxylic acids is 2. The normalized spacial score (nSPS) is 16.1. The zero-order valence-corrected chi connectivity index (χ0v) is 18.3. The molecule has 3 amide bonds. The van der Waals surface area contributed by atoms with Crippen molar-refractivity contribution >= 4 is 23.3 Å². The van der Waals surface area contributed by atoms with E-state index in [1.54, 1.807) is 11.0 Å². The van der Waals surface area contributed by atoms with Gasteiger partial charge in [-0.1, -0.05) is 36.4 Å². The highest BCUT2D eigenvalue weighted by atomic mass is 16.3. The average molecular weight is 425 g/mol.